The summed E-state index contributed by atoms with van der Waals surface area (Å²) in [4.78, 5) is 16.3. The Balaban J connectivity index is 2.60. The standard InChI is InChI=1S/C10H16F3NO2/c1-14(16-2)9(15)7-4-3-5-8(6-7)10(11,12)13/h7-8H,3-6H2,1-2H3/t7-,8-/m1/s1. The molecule has 2 atom stereocenters. The van der Waals surface area contributed by atoms with Crippen molar-refractivity contribution in [3.05, 3.63) is 0 Å². The first-order chi connectivity index (χ1) is 7.36. The minimum Gasteiger partial charge on any atom is -0.275 e. The van der Waals surface area contributed by atoms with Gasteiger partial charge in [0, 0.05) is 13.0 Å². The lowest BCUT2D eigenvalue weighted by Crippen LogP contribution is -2.37. The van der Waals surface area contributed by atoms with Gasteiger partial charge in [-0.25, -0.2) is 5.06 Å². The van der Waals surface area contributed by atoms with Crippen LogP contribution in [0.4, 0.5) is 13.2 Å². The number of hydroxylamine groups is 2. The maximum absolute atomic E-state index is 12.5. The van der Waals surface area contributed by atoms with Crippen molar-refractivity contribution in [3.63, 3.8) is 0 Å². The Kier molecular flexibility index (Phi) is 4.18. The molecule has 0 aliphatic heterocycles. The Morgan fingerprint density at radius 2 is 2.00 bits per heavy atom. The van der Waals surface area contributed by atoms with Crippen LogP contribution in [0.15, 0.2) is 0 Å². The zero-order valence-corrected chi connectivity index (χ0v) is 9.38. The molecule has 0 bridgehead atoms. The molecule has 0 aromatic heterocycles. The van der Waals surface area contributed by atoms with E-state index in [1.54, 1.807) is 0 Å². The van der Waals surface area contributed by atoms with Crippen LogP contribution in [0.2, 0.25) is 0 Å². The second-order valence-electron chi connectivity index (χ2n) is 4.12. The first kappa shape index (κ1) is 13.3. The summed E-state index contributed by atoms with van der Waals surface area (Å²) in [6.07, 6.45) is -3.22. The highest BCUT2D eigenvalue weighted by atomic mass is 19.4. The normalized spacial score (nSPS) is 26.6. The number of hydrogen-bond donors (Lipinski definition) is 0. The molecule has 0 aromatic carbocycles. The van der Waals surface area contributed by atoms with E-state index in [-0.39, 0.29) is 18.7 Å². The number of amides is 1. The maximum atomic E-state index is 12.5. The van der Waals surface area contributed by atoms with Gasteiger partial charge in [-0.3, -0.25) is 9.63 Å². The lowest BCUT2D eigenvalue weighted by molar-refractivity contribution is -0.194. The third-order valence-electron chi connectivity index (χ3n) is 3.07. The van der Waals surface area contributed by atoms with Gasteiger partial charge in [0.2, 0.25) is 5.91 Å². The first-order valence-electron chi connectivity index (χ1n) is 5.24. The predicted octanol–water partition coefficient (Wildman–Crippen LogP) is 2.37. The number of carbonyl (C=O) groups is 1. The van der Waals surface area contributed by atoms with Crippen LogP contribution in [0.5, 0.6) is 0 Å². The summed E-state index contributed by atoms with van der Waals surface area (Å²) in [5.74, 6) is -2.28. The van der Waals surface area contributed by atoms with Gasteiger partial charge in [-0.1, -0.05) is 6.42 Å². The predicted molar refractivity (Wildman–Crippen MR) is 51.3 cm³/mol. The van der Waals surface area contributed by atoms with E-state index in [1.165, 1.54) is 14.2 Å². The van der Waals surface area contributed by atoms with Gasteiger partial charge in [-0.2, -0.15) is 13.2 Å². The molecule has 1 fully saturated rings. The fourth-order valence-corrected chi connectivity index (χ4v) is 2.06. The van der Waals surface area contributed by atoms with E-state index in [1.807, 2.05) is 0 Å². The highest BCUT2D eigenvalue weighted by Crippen LogP contribution is 2.40. The smallest absolute Gasteiger partial charge is 0.275 e. The SMILES string of the molecule is CON(C)C(=O)[C@@H]1CCC[C@@H](C(F)(F)F)C1. The zero-order valence-electron chi connectivity index (χ0n) is 9.38. The van der Waals surface area contributed by atoms with Gasteiger partial charge in [0.1, 0.15) is 0 Å². The number of alkyl halides is 3. The molecule has 94 valence electrons. The Morgan fingerprint density at radius 3 is 2.50 bits per heavy atom. The highest BCUT2D eigenvalue weighted by molar-refractivity contribution is 5.77. The Labute approximate surface area is 92.5 Å². The zero-order chi connectivity index (χ0) is 12.3. The summed E-state index contributed by atoms with van der Waals surface area (Å²) < 4.78 is 37.5. The van der Waals surface area contributed by atoms with Crippen molar-refractivity contribution in [1.29, 1.82) is 0 Å². The summed E-state index contributed by atoms with van der Waals surface area (Å²) in [7, 11) is 2.74. The van der Waals surface area contributed by atoms with Crippen molar-refractivity contribution in [2.75, 3.05) is 14.2 Å². The van der Waals surface area contributed by atoms with Crippen molar-refractivity contribution >= 4 is 5.91 Å². The third-order valence-corrected chi connectivity index (χ3v) is 3.07. The molecule has 1 aliphatic carbocycles. The number of nitrogens with zero attached hydrogens (tertiary/aromatic N) is 1. The van der Waals surface area contributed by atoms with E-state index in [9.17, 15) is 18.0 Å². The van der Waals surface area contributed by atoms with Crippen LogP contribution in [0.3, 0.4) is 0 Å². The molecular weight excluding hydrogens is 223 g/mol. The summed E-state index contributed by atoms with van der Waals surface area (Å²) >= 11 is 0. The van der Waals surface area contributed by atoms with Crippen LogP contribution in [-0.2, 0) is 9.63 Å². The van der Waals surface area contributed by atoms with Gasteiger partial charge in [0.25, 0.3) is 0 Å². The van der Waals surface area contributed by atoms with E-state index >= 15 is 0 Å². The fourth-order valence-electron chi connectivity index (χ4n) is 2.06. The van der Waals surface area contributed by atoms with Gasteiger partial charge < -0.3 is 0 Å². The molecular formula is C10H16F3NO2. The van der Waals surface area contributed by atoms with Crippen LogP contribution in [-0.4, -0.2) is 31.3 Å². The molecule has 3 nitrogen and oxygen atoms in total. The van der Waals surface area contributed by atoms with Crippen LogP contribution in [0, 0.1) is 11.8 Å². The van der Waals surface area contributed by atoms with Crippen LogP contribution < -0.4 is 0 Å². The molecule has 0 saturated heterocycles. The second-order valence-corrected chi connectivity index (χ2v) is 4.12. The average molecular weight is 239 g/mol. The largest absolute Gasteiger partial charge is 0.391 e. The van der Waals surface area contributed by atoms with Gasteiger partial charge in [0.05, 0.1) is 13.0 Å². The maximum Gasteiger partial charge on any atom is 0.391 e. The van der Waals surface area contributed by atoms with Crippen LogP contribution >= 0.6 is 0 Å². The van der Waals surface area contributed by atoms with E-state index in [0.29, 0.717) is 12.8 Å². The highest BCUT2D eigenvalue weighted by Gasteiger charge is 2.44. The molecule has 0 N–H and O–H groups in total. The van der Waals surface area contributed by atoms with Crippen LogP contribution in [0.1, 0.15) is 25.7 Å². The first-order valence-corrected chi connectivity index (χ1v) is 5.24. The van der Waals surface area contributed by atoms with Crippen molar-refractivity contribution in [2.24, 2.45) is 11.8 Å². The summed E-state index contributed by atoms with van der Waals surface area (Å²) in [6.45, 7) is 0. The Hall–Kier alpha value is -0.780. The summed E-state index contributed by atoms with van der Waals surface area (Å²) in [6, 6.07) is 0. The fraction of sp³-hybridized carbons (Fsp3) is 0.900. The van der Waals surface area contributed by atoms with E-state index in [0.717, 1.165) is 5.06 Å². The third kappa shape index (κ3) is 3.10. The molecule has 6 heteroatoms. The molecule has 1 amide bonds. The van der Waals surface area contributed by atoms with Crippen molar-refractivity contribution in [3.8, 4) is 0 Å². The van der Waals surface area contributed by atoms with Gasteiger partial charge in [-0.05, 0) is 19.3 Å². The molecule has 0 unspecified atom stereocenters. The Bertz CT molecular complexity index is 255. The van der Waals surface area contributed by atoms with E-state index < -0.39 is 18.0 Å². The number of hydrogen-bond acceptors (Lipinski definition) is 2. The number of rotatable bonds is 2. The lowest BCUT2D eigenvalue weighted by atomic mass is 9.80. The van der Waals surface area contributed by atoms with Crippen molar-refractivity contribution < 1.29 is 22.8 Å². The molecule has 16 heavy (non-hydrogen) atoms. The van der Waals surface area contributed by atoms with E-state index in [4.69, 9.17) is 0 Å². The van der Waals surface area contributed by atoms with Crippen LogP contribution in [0.25, 0.3) is 0 Å². The van der Waals surface area contributed by atoms with Gasteiger partial charge in [-0.15, -0.1) is 0 Å². The van der Waals surface area contributed by atoms with Crippen molar-refractivity contribution in [1.82, 2.24) is 5.06 Å². The number of carbonyl (C=O) groups excluding carboxylic acids is 1. The summed E-state index contributed by atoms with van der Waals surface area (Å²) in [5, 5.41) is 1.00. The van der Waals surface area contributed by atoms with Crippen molar-refractivity contribution in [2.45, 2.75) is 31.9 Å². The quantitative estimate of drug-likeness (QED) is 0.692. The minimum absolute atomic E-state index is 0.115. The molecule has 0 heterocycles. The number of halogens is 3. The minimum atomic E-state index is -4.19. The summed E-state index contributed by atoms with van der Waals surface area (Å²) in [5.41, 5.74) is 0. The Morgan fingerprint density at radius 1 is 1.38 bits per heavy atom. The molecule has 0 aromatic rings. The molecule has 1 rings (SSSR count). The monoisotopic (exact) mass is 239 g/mol. The van der Waals surface area contributed by atoms with E-state index in [2.05, 4.69) is 4.84 Å². The molecule has 0 spiro atoms. The lowest BCUT2D eigenvalue weighted by Gasteiger charge is -2.31. The molecule has 1 aliphatic rings. The molecule has 1 saturated carbocycles. The van der Waals surface area contributed by atoms with Gasteiger partial charge in [0.15, 0.2) is 0 Å². The van der Waals surface area contributed by atoms with Gasteiger partial charge >= 0.3 is 6.18 Å². The molecule has 0 radical (unpaired) electrons. The second kappa shape index (κ2) is 5.03. The topological polar surface area (TPSA) is 29.5 Å². The average Bonchev–Trinajstić information content (AvgIpc) is 2.26.